The summed E-state index contributed by atoms with van der Waals surface area (Å²) in [4.78, 5) is 14.0. The molecule has 0 fully saturated rings. The maximum absolute atomic E-state index is 13.2. The molecule has 0 heterocycles. The van der Waals surface area contributed by atoms with Crippen LogP contribution < -0.4 is 10.2 Å². The highest BCUT2D eigenvalue weighted by molar-refractivity contribution is 7.91. The number of nitrogens with zero attached hydrogens (tertiary/aromatic N) is 1. The fraction of sp³-hybridized carbons (Fsp3) is 0.350. The Morgan fingerprint density at radius 2 is 1.67 bits per heavy atom. The van der Waals surface area contributed by atoms with E-state index in [2.05, 4.69) is 5.32 Å². The lowest BCUT2D eigenvalue weighted by molar-refractivity contribution is -0.121. The van der Waals surface area contributed by atoms with Crippen molar-refractivity contribution in [1.82, 2.24) is 5.32 Å². The van der Waals surface area contributed by atoms with Crippen LogP contribution in [0.4, 0.5) is 5.69 Å². The van der Waals surface area contributed by atoms with Gasteiger partial charge in [0.2, 0.25) is 5.91 Å². The lowest BCUT2D eigenvalue weighted by atomic mass is 10.1. The van der Waals surface area contributed by atoms with E-state index in [4.69, 9.17) is 11.6 Å². The second kappa shape index (κ2) is 9.24. The maximum Gasteiger partial charge on any atom is 0.220 e. The van der Waals surface area contributed by atoms with Gasteiger partial charge in [-0.25, -0.2) is 8.42 Å². The van der Waals surface area contributed by atoms with Gasteiger partial charge in [-0.05, 0) is 48.4 Å². The highest BCUT2D eigenvalue weighted by Gasteiger charge is 2.29. The molecule has 1 N–H and O–H groups in total. The first kappa shape index (κ1) is 21.3. The smallest absolute Gasteiger partial charge is 0.220 e. The number of hydrogen-bond acceptors (Lipinski definition) is 4. The summed E-state index contributed by atoms with van der Waals surface area (Å²) in [5, 5.41) is 2.34. The van der Waals surface area contributed by atoms with Crippen molar-refractivity contribution < 1.29 is 13.2 Å². The van der Waals surface area contributed by atoms with E-state index < -0.39 is 15.1 Å². The minimum absolute atomic E-state index is 0.0190. The Morgan fingerprint density at radius 3 is 2.19 bits per heavy atom. The van der Waals surface area contributed by atoms with Gasteiger partial charge >= 0.3 is 0 Å². The molecule has 0 aliphatic rings. The Morgan fingerprint density at radius 1 is 1.07 bits per heavy atom. The lowest BCUT2D eigenvalue weighted by Gasteiger charge is -2.20. The minimum Gasteiger partial charge on any atom is -0.378 e. The van der Waals surface area contributed by atoms with E-state index in [1.807, 2.05) is 38.1 Å². The summed E-state index contributed by atoms with van der Waals surface area (Å²) in [6, 6.07) is 13.4. The standard InChI is InChI=1S/C20H25ClN2O3S/c1-4-5-20(24)22-14-19(15-6-10-17(11-7-15)23(2)3)27(25,26)18-12-8-16(21)9-13-18/h6-13,19H,4-5,14H2,1-3H3,(H,22,24)/t19-/m0/s1. The van der Waals surface area contributed by atoms with Gasteiger partial charge in [-0.3, -0.25) is 4.79 Å². The first-order chi connectivity index (χ1) is 12.8. The summed E-state index contributed by atoms with van der Waals surface area (Å²) in [7, 11) is 0.136. The van der Waals surface area contributed by atoms with E-state index in [0.29, 0.717) is 23.4 Å². The number of halogens is 1. The lowest BCUT2D eigenvalue weighted by Crippen LogP contribution is -2.31. The summed E-state index contributed by atoms with van der Waals surface area (Å²) in [6.07, 6.45) is 1.07. The monoisotopic (exact) mass is 408 g/mol. The van der Waals surface area contributed by atoms with Gasteiger partial charge in [0.25, 0.3) is 0 Å². The van der Waals surface area contributed by atoms with Crippen molar-refractivity contribution in [2.24, 2.45) is 0 Å². The number of hydrogen-bond donors (Lipinski definition) is 1. The Bertz CT molecular complexity index is 863. The molecule has 2 aromatic carbocycles. The molecular weight excluding hydrogens is 384 g/mol. The number of carbonyl (C=O) groups is 1. The van der Waals surface area contributed by atoms with Crippen LogP contribution in [0.2, 0.25) is 5.02 Å². The zero-order valence-corrected chi connectivity index (χ0v) is 17.3. The molecule has 5 nitrogen and oxygen atoms in total. The first-order valence-corrected chi connectivity index (χ1v) is 10.7. The van der Waals surface area contributed by atoms with Crippen molar-refractivity contribution in [2.75, 3.05) is 25.5 Å². The van der Waals surface area contributed by atoms with Crippen LogP contribution >= 0.6 is 11.6 Å². The topological polar surface area (TPSA) is 66.5 Å². The largest absolute Gasteiger partial charge is 0.378 e. The molecule has 2 rings (SSSR count). The predicted molar refractivity (Wildman–Crippen MR) is 110 cm³/mol. The average Bonchev–Trinajstić information content (AvgIpc) is 2.62. The molecule has 146 valence electrons. The van der Waals surface area contributed by atoms with Gasteiger partial charge in [0, 0.05) is 37.8 Å². The van der Waals surface area contributed by atoms with Gasteiger partial charge < -0.3 is 10.2 Å². The van der Waals surface area contributed by atoms with Crippen molar-refractivity contribution in [3.8, 4) is 0 Å². The Labute approximate surface area is 166 Å². The zero-order chi connectivity index (χ0) is 20.0. The van der Waals surface area contributed by atoms with Crippen molar-refractivity contribution >= 4 is 33.0 Å². The Balaban J connectivity index is 2.39. The third-order valence-corrected chi connectivity index (χ3v) is 6.63. The molecule has 0 bridgehead atoms. The second-order valence-corrected chi connectivity index (χ2v) is 9.09. The number of rotatable bonds is 8. The van der Waals surface area contributed by atoms with Gasteiger partial charge in [0.15, 0.2) is 9.84 Å². The van der Waals surface area contributed by atoms with E-state index in [9.17, 15) is 13.2 Å². The van der Waals surface area contributed by atoms with Gasteiger partial charge in [0.05, 0.1) is 4.90 Å². The summed E-state index contributed by atoms with van der Waals surface area (Å²) in [6.45, 7) is 1.92. The number of nitrogens with one attached hydrogen (secondary N) is 1. The molecule has 0 aromatic heterocycles. The van der Waals surface area contributed by atoms with Gasteiger partial charge in [-0.15, -0.1) is 0 Å². The van der Waals surface area contributed by atoms with Crippen LogP contribution in [0.25, 0.3) is 0 Å². The molecule has 2 aromatic rings. The summed E-state index contributed by atoms with van der Waals surface area (Å²) in [5.41, 5.74) is 1.60. The van der Waals surface area contributed by atoms with E-state index in [0.717, 1.165) is 5.69 Å². The molecule has 0 unspecified atom stereocenters. The van der Waals surface area contributed by atoms with E-state index in [1.54, 1.807) is 24.3 Å². The van der Waals surface area contributed by atoms with E-state index >= 15 is 0 Å². The van der Waals surface area contributed by atoms with Crippen molar-refractivity contribution in [3.05, 3.63) is 59.1 Å². The molecule has 0 saturated carbocycles. The van der Waals surface area contributed by atoms with Crippen LogP contribution in [-0.2, 0) is 14.6 Å². The van der Waals surface area contributed by atoms with Gasteiger partial charge in [0.1, 0.15) is 5.25 Å². The fourth-order valence-corrected chi connectivity index (χ4v) is 4.49. The highest BCUT2D eigenvalue weighted by Crippen LogP contribution is 2.30. The fourth-order valence-electron chi connectivity index (χ4n) is 2.70. The van der Waals surface area contributed by atoms with Crippen molar-refractivity contribution in [3.63, 3.8) is 0 Å². The van der Waals surface area contributed by atoms with Crippen LogP contribution in [0.3, 0.4) is 0 Å². The van der Waals surface area contributed by atoms with E-state index in [-0.39, 0.29) is 17.3 Å². The van der Waals surface area contributed by atoms with Crippen molar-refractivity contribution in [1.29, 1.82) is 0 Å². The first-order valence-electron chi connectivity index (χ1n) is 8.79. The predicted octanol–water partition coefficient (Wildman–Crippen LogP) is 3.84. The summed E-state index contributed by atoms with van der Waals surface area (Å²) in [5.74, 6) is -0.154. The SMILES string of the molecule is CCCC(=O)NC[C@@H](c1ccc(N(C)C)cc1)S(=O)(=O)c1ccc(Cl)cc1. The maximum atomic E-state index is 13.2. The Hall–Kier alpha value is -2.05. The number of amides is 1. The number of benzene rings is 2. The van der Waals surface area contributed by atoms with Gasteiger partial charge in [-0.1, -0.05) is 30.7 Å². The van der Waals surface area contributed by atoms with Crippen LogP contribution in [0.1, 0.15) is 30.6 Å². The molecule has 1 atom stereocenters. The van der Waals surface area contributed by atoms with Gasteiger partial charge in [-0.2, -0.15) is 0 Å². The average molecular weight is 409 g/mol. The number of anilines is 1. The quantitative estimate of drug-likeness (QED) is 0.720. The molecular formula is C20H25ClN2O3S. The van der Waals surface area contributed by atoms with Crippen LogP contribution in [0, 0.1) is 0 Å². The highest BCUT2D eigenvalue weighted by atomic mass is 35.5. The van der Waals surface area contributed by atoms with Crippen molar-refractivity contribution in [2.45, 2.75) is 29.9 Å². The molecule has 7 heteroatoms. The summed E-state index contributed by atoms with van der Waals surface area (Å²) >= 11 is 5.89. The normalized spacial score (nSPS) is 12.4. The molecule has 0 spiro atoms. The molecule has 0 aliphatic heterocycles. The third kappa shape index (κ3) is 5.47. The second-order valence-electron chi connectivity index (χ2n) is 6.53. The number of carbonyl (C=O) groups excluding carboxylic acids is 1. The van der Waals surface area contributed by atoms with Crippen LogP contribution in [0.15, 0.2) is 53.4 Å². The molecule has 27 heavy (non-hydrogen) atoms. The third-order valence-electron chi connectivity index (χ3n) is 4.26. The Kier molecular flexibility index (Phi) is 7.27. The van der Waals surface area contributed by atoms with Crippen LogP contribution in [0.5, 0.6) is 0 Å². The van der Waals surface area contributed by atoms with Crippen LogP contribution in [-0.4, -0.2) is 35.0 Å². The molecule has 1 amide bonds. The molecule has 0 aliphatic carbocycles. The molecule has 0 radical (unpaired) electrons. The van der Waals surface area contributed by atoms with E-state index in [1.165, 1.54) is 12.1 Å². The number of sulfone groups is 1. The zero-order valence-electron chi connectivity index (χ0n) is 15.8. The summed E-state index contributed by atoms with van der Waals surface area (Å²) < 4.78 is 26.5. The molecule has 0 saturated heterocycles. The minimum atomic E-state index is -3.70.